The zero-order chi connectivity index (χ0) is 15.5. The summed E-state index contributed by atoms with van der Waals surface area (Å²) in [6.45, 7) is 3.71. The monoisotopic (exact) mass is 375 g/mol. The molecule has 0 aliphatic carbocycles. The van der Waals surface area contributed by atoms with Crippen LogP contribution in [0.2, 0.25) is 0 Å². The Balaban J connectivity index is 2.11. The second kappa shape index (κ2) is 7.09. The van der Waals surface area contributed by atoms with E-state index >= 15 is 0 Å². The summed E-state index contributed by atoms with van der Waals surface area (Å²) < 4.78 is 30.1. The summed E-state index contributed by atoms with van der Waals surface area (Å²) >= 11 is 3.41. The molecular weight excluding hydrogens is 354 g/mol. The molecule has 1 aromatic rings. The lowest BCUT2D eigenvalue weighted by molar-refractivity contribution is 0.280. The summed E-state index contributed by atoms with van der Waals surface area (Å²) in [5.74, 6) is 0.440. The normalized spacial score (nSPS) is 17.9. The number of nitrogens with zero attached hydrogens (tertiary/aromatic N) is 1. The fourth-order valence-corrected chi connectivity index (χ4v) is 4.25. The summed E-state index contributed by atoms with van der Waals surface area (Å²) in [7, 11) is -3.49. The molecule has 3 N–H and O–H groups in total. The standard InChI is InChI=1S/C14H22BrN3O2S/c1-2-12-9-13(15)3-4-14(12)17-21(19,20)18-7-5-11(10-16)6-8-18/h3-4,9,11,17H,2,5-8,10,16H2,1H3. The lowest BCUT2D eigenvalue weighted by Gasteiger charge is -2.30. The first-order valence-corrected chi connectivity index (χ1v) is 9.46. The minimum atomic E-state index is -3.49. The molecule has 1 saturated heterocycles. The SMILES string of the molecule is CCc1cc(Br)ccc1NS(=O)(=O)N1CCC(CN)CC1. The van der Waals surface area contributed by atoms with Gasteiger partial charge in [-0.2, -0.15) is 12.7 Å². The van der Waals surface area contributed by atoms with Gasteiger partial charge in [-0.15, -0.1) is 0 Å². The highest BCUT2D eigenvalue weighted by molar-refractivity contribution is 9.10. The van der Waals surface area contributed by atoms with Gasteiger partial charge in [0, 0.05) is 17.6 Å². The summed E-state index contributed by atoms with van der Waals surface area (Å²) in [6, 6.07) is 5.59. The molecule has 1 aliphatic rings. The van der Waals surface area contributed by atoms with Crippen LogP contribution >= 0.6 is 15.9 Å². The fraction of sp³-hybridized carbons (Fsp3) is 0.571. The largest absolute Gasteiger partial charge is 0.330 e. The molecule has 1 heterocycles. The maximum absolute atomic E-state index is 12.5. The highest BCUT2D eigenvalue weighted by Gasteiger charge is 2.27. The minimum absolute atomic E-state index is 0.440. The predicted molar refractivity (Wildman–Crippen MR) is 89.4 cm³/mol. The van der Waals surface area contributed by atoms with E-state index in [1.54, 1.807) is 6.07 Å². The Morgan fingerprint density at radius 1 is 1.38 bits per heavy atom. The van der Waals surface area contributed by atoms with Crippen molar-refractivity contribution in [2.75, 3.05) is 24.4 Å². The van der Waals surface area contributed by atoms with Crippen LogP contribution in [0.25, 0.3) is 0 Å². The van der Waals surface area contributed by atoms with Gasteiger partial charge in [-0.05, 0) is 55.5 Å². The second-order valence-electron chi connectivity index (χ2n) is 5.34. The Labute approximate surface area is 135 Å². The number of halogens is 1. The van der Waals surface area contributed by atoms with E-state index in [2.05, 4.69) is 20.7 Å². The number of nitrogens with two attached hydrogens (primary N) is 1. The molecule has 21 heavy (non-hydrogen) atoms. The third kappa shape index (κ3) is 4.18. The Hall–Kier alpha value is -0.630. The van der Waals surface area contributed by atoms with E-state index in [0.717, 1.165) is 29.3 Å². The number of benzene rings is 1. The first-order valence-electron chi connectivity index (χ1n) is 7.22. The van der Waals surface area contributed by atoms with Crippen molar-refractivity contribution in [2.45, 2.75) is 26.2 Å². The van der Waals surface area contributed by atoms with Crippen LogP contribution in [-0.2, 0) is 16.6 Å². The third-order valence-electron chi connectivity index (χ3n) is 3.93. The van der Waals surface area contributed by atoms with Crippen LogP contribution in [0.15, 0.2) is 22.7 Å². The topological polar surface area (TPSA) is 75.4 Å². The van der Waals surface area contributed by atoms with Gasteiger partial charge in [-0.25, -0.2) is 0 Å². The van der Waals surface area contributed by atoms with Crippen molar-refractivity contribution < 1.29 is 8.42 Å². The van der Waals surface area contributed by atoms with Gasteiger partial charge in [0.05, 0.1) is 5.69 Å². The zero-order valence-electron chi connectivity index (χ0n) is 12.2. The zero-order valence-corrected chi connectivity index (χ0v) is 14.6. The molecule has 0 atom stereocenters. The molecular formula is C14H22BrN3O2S. The Morgan fingerprint density at radius 2 is 2.05 bits per heavy atom. The highest BCUT2D eigenvalue weighted by atomic mass is 79.9. The summed E-state index contributed by atoms with van der Waals surface area (Å²) in [5.41, 5.74) is 7.28. The van der Waals surface area contributed by atoms with Gasteiger partial charge in [0.15, 0.2) is 0 Å². The molecule has 2 rings (SSSR count). The number of piperidine rings is 1. The molecule has 0 bridgehead atoms. The molecule has 0 amide bonds. The van der Waals surface area contributed by atoms with Crippen molar-refractivity contribution in [3.05, 3.63) is 28.2 Å². The molecule has 7 heteroatoms. The number of rotatable bonds is 5. The summed E-state index contributed by atoms with van der Waals surface area (Å²) in [6.07, 6.45) is 2.43. The molecule has 118 valence electrons. The van der Waals surface area contributed by atoms with Crippen LogP contribution in [0.3, 0.4) is 0 Å². The molecule has 1 aliphatic heterocycles. The van der Waals surface area contributed by atoms with Crippen LogP contribution < -0.4 is 10.5 Å². The third-order valence-corrected chi connectivity index (χ3v) is 5.95. The van der Waals surface area contributed by atoms with E-state index in [0.29, 0.717) is 31.2 Å². The average Bonchev–Trinajstić information content (AvgIpc) is 2.49. The second-order valence-corrected chi connectivity index (χ2v) is 7.93. The molecule has 0 radical (unpaired) electrons. The Bertz CT molecular complexity index is 584. The van der Waals surface area contributed by atoms with Crippen LogP contribution in [0.4, 0.5) is 5.69 Å². The first-order chi connectivity index (χ1) is 9.96. The predicted octanol–water partition coefficient (Wildman–Crippen LogP) is 2.34. The molecule has 0 saturated carbocycles. The number of nitrogens with one attached hydrogen (secondary N) is 1. The number of anilines is 1. The van der Waals surface area contributed by atoms with Crippen molar-refractivity contribution in [2.24, 2.45) is 11.7 Å². The number of aryl methyl sites for hydroxylation is 1. The smallest absolute Gasteiger partial charge is 0.301 e. The average molecular weight is 376 g/mol. The van der Waals surface area contributed by atoms with Gasteiger partial charge >= 0.3 is 10.2 Å². The quantitative estimate of drug-likeness (QED) is 0.828. The van der Waals surface area contributed by atoms with Gasteiger partial charge in [0.25, 0.3) is 0 Å². The number of hydrogen-bond acceptors (Lipinski definition) is 3. The Morgan fingerprint density at radius 3 is 2.62 bits per heavy atom. The van der Waals surface area contributed by atoms with E-state index < -0.39 is 10.2 Å². The van der Waals surface area contributed by atoms with Crippen LogP contribution in [0, 0.1) is 5.92 Å². The van der Waals surface area contributed by atoms with E-state index in [-0.39, 0.29) is 0 Å². The first kappa shape index (κ1) is 16.7. The van der Waals surface area contributed by atoms with Gasteiger partial charge in [0.1, 0.15) is 0 Å². The summed E-state index contributed by atoms with van der Waals surface area (Å²) in [4.78, 5) is 0. The molecule has 1 aromatic carbocycles. The molecule has 0 spiro atoms. The molecule has 0 aromatic heterocycles. The van der Waals surface area contributed by atoms with Gasteiger partial charge in [-0.1, -0.05) is 22.9 Å². The van der Waals surface area contributed by atoms with Crippen molar-refractivity contribution in [3.63, 3.8) is 0 Å². The maximum atomic E-state index is 12.5. The highest BCUT2D eigenvalue weighted by Crippen LogP contribution is 2.25. The maximum Gasteiger partial charge on any atom is 0.301 e. The summed E-state index contributed by atoms with van der Waals surface area (Å²) in [5, 5.41) is 0. The molecule has 0 unspecified atom stereocenters. The van der Waals surface area contributed by atoms with Crippen molar-refractivity contribution in [3.8, 4) is 0 Å². The minimum Gasteiger partial charge on any atom is -0.330 e. The van der Waals surface area contributed by atoms with Gasteiger partial charge < -0.3 is 5.73 Å². The number of hydrogen-bond donors (Lipinski definition) is 2. The van der Waals surface area contributed by atoms with E-state index in [1.807, 2.05) is 19.1 Å². The van der Waals surface area contributed by atoms with Gasteiger partial charge in [-0.3, -0.25) is 4.72 Å². The van der Waals surface area contributed by atoms with Crippen LogP contribution in [0.5, 0.6) is 0 Å². The van der Waals surface area contributed by atoms with Crippen LogP contribution in [0.1, 0.15) is 25.3 Å². The van der Waals surface area contributed by atoms with Crippen LogP contribution in [-0.4, -0.2) is 32.4 Å². The van der Waals surface area contributed by atoms with Crippen molar-refractivity contribution in [1.82, 2.24) is 4.31 Å². The van der Waals surface area contributed by atoms with Gasteiger partial charge in [0.2, 0.25) is 0 Å². The molecule has 5 nitrogen and oxygen atoms in total. The fourth-order valence-electron chi connectivity index (χ4n) is 2.54. The molecule has 1 fully saturated rings. The van der Waals surface area contributed by atoms with Crippen molar-refractivity contribution in [1.29, 1.82) is 0 Å². The van der Waals surface area contributed by atoms with E-state index in [4.69, 9.17) is 5.73 Å². The van der Waals surface area contributed by atoms with E-state index in [9.17, 15) is 8.42 Å². The Kier molecular flexibility index (Phi) is 5.65. The van der Waals surface area contributed by atoms with E-state index in [1.165, 1.54) is 4.31 Å². The lowest BCUT2D eigenvalue weighted by atomic mass is 9.99. The lowest BCUT2D eigenvalue weighted by Crippen LogP contribution is -2.42. The van der Waals surface area contributed by atoms with Crippen molar-refractivity contribution >= 4 is 31.8 Å².